The minimum absolute atomic E-state index is 0.208. The summed E-state index contributed by atoms with van der Waals surface area (Å²) in [4.78, 5) is 12.1. The number of benzene rings is 2. The van der Waals surface area contributed by atoms with Gasteiger partial charge in [0.15, 0.2) is 6.10 Å². The van der Waals surface area contributed by atoms with Crippen molar-refractivity contribution in [3.8, 4) is 11.5 Å². The van der Waals surface area contributed by atoms with Gasteiger partial charge in [-0.25, -0.2) is 0 Å². The van der Waals surface area contributed by atoms with Gasteiger partial charge in [-0.15, -0.1) is 0 Å². The van der Waals surface area contributed by atoms with Crippen molar-refractivity contribution in [2.24, 2.45) is 0 Å². The first-order valence-corrected chi connectivity index (χ1v) is 7.25. The Bertz CT molecular complexity index is 613. The molecule has 0 saturated heterocycles. The molecular formula is C16H16BrNO3. The molecule has 0 bridgehead atoms. The molecule has 0 saturated carbocycles. The minimum Gasteiger partial charge on any atom is -0.497 e. The molecule has 0 spiro atoms. The number of hydrogen-bond donors (Lipinski definition) is 1. The Morgan fingerprint density at radius 3 is 2.48 bits per heavy atom. The molecule has 4 nitrogen and oxygen atoms in total. The van der Waals surface area contributed by atoms with Crippen LogP contribution < -0.4 is 14.8 Å². The number of methoxy groups -OCH3 is 1. The molecular weight excluding hydrogens is 334 g/mol. The summed E-state index contributed by atoms with van der Waals surface area (Å²) in [5.41, 5.74) is 0.700. The zero-order valence-electron chi connectivity index (χ0n) is 11.8. The molecule has 1 N–H and O–H groups in total. The van der Waals surface area contributed by atoms with Crippen molar-refractivity contribution < 1.29 is 14.3 Å². The summed E-state index contributed by atoms with van der Waals surface area (Å²) >= 11 is 3.36. The first kappa shape index (κ1) is 15.4. The van der Waals surface area contributed by atoms with Crippen molar-refractivity contribution in [3.05, 3.63) is 53.0 Å². The van der Waals surface area contributed by atoms with Gasteiger partial charge < -0.3 is 14.8 Å². The van der Waals surface area contributed by atoms with Crippen LogP contribution in [0.5, 0.6) is 11.5 Å². The highest BCUT2D eigenvalue weighted by molar-refractivity contribution is 9.10. The third kappa shape index (κ3) is 4.49. The predicted octanol–water partition coefficient (Wildman–Crippen LogP) is 3.86. The van der Waals surface area contributed by atoms with Crippen LogP contribution in [0.2, 0.25) is 0 Å². The largest absolute Gasteiger partial charge is 0.497 e. The Morgan fingerprint density at radius 2 is 1.86 bits per heavy atom. The highest BCUT2D eigenvalue weighted by atomic mass is 79.9. The third-order valence-electron chi connectivity index (χ3n) is 2.84. The Kier molecular flexibility index (Phi) is 5.22. The van der Waals surface area contributed by atoms with Crippen LogP contribution in [0.4, 0.5) is 5.69 Å². The first-order valence-electron chi connectivity index (χ1n) is 6.45. The molecule has 2 aromatic rings. The topological polar surface area (TPSA) is 47.6 Å². The van der Waals surface area contributed by atoms with Crippen LogP contribution in [0.1, 0.15) is 6.92 Å². The Labute approximate surface area is 132 Å². The number of hydrogen-bond acceptors (Lipinski definition) is 3. The lowest BCUT2D eigenvalue weighted by molar-refractivity contribution is -0.122. The van der Waals surface area contributed by atoms with E-state index in [4.69, 9.17) is 9.47 Å². The summed E-state index contributed by atoms with van der Waals surface area (Å²) in [6.07, 6.45) is -0.596. The normalized spacial score (nSPS) is 11.6. The second kappa shape index (κ2) is 7.13. The van der Waals surface area contributed by atoms with E-state index in [1.807, 2.05) is 24.3 Å². The lowest BCUT2D eigenvalue weighted by Crippen LogP contribution is -2.30. The van der Waals surface area contributed by atoms with Crippen LogP contribution >= 0.6 is 15.9 Å². The fraction of sp³-hybridized carbons (Fsp3) is 0.188. The maximum atomic E-state index is 12.1. The van der Waals surface area contributed by atoms with Crippen LogP contribution in [0.25, 0.3) is 0 Å². The van der Waals surface area contributed by atoms with Crippen LogP contribution in [0.15, 0.2) is 53.0 Å². The number of halogens is 1. The van der Waals surface area contributed by atoms with Crippen LogP contribution in [0, 0.1) is 0 Å². The molecule has 0 aromatic heterocycles. The summed E-state index contributed by atoms with van der Waals surface area (Å²) in [6.45, 7) is 1.71. The quantitative estimate of drug-likeness (QED) is 0.891. The van der Waals surface area contributed by atoms with Crippen LogP contribution in [-0.2, 0) is 4.79 Å². The number of ether oxygens (including phenoxy) is 2. The minimum atomic E-state index is -0.596. The van der Waals surface area contributed by atoms with Gasteiger partial charge in [0.1, 0.15) is 11.5 Å². The molecule has 0 unspecified atom stereocenters. The molecule has 2 rings (SSSR count). The zero-order valence-corrected chi connectivity index (χ0v) is 13.4. The maximum Gasteiger partial charge on any atom is 0.265 e. The van der Waals surface area contributed by atoms with Gasteiger partial charge in [-0.1, -0.05) is 22.0 Å². The van der Waals surface area contributed by atoms with Crippen molar-refractivity contribution in [1.29, 1.82) is 0 Å². The number of amides is 1. The summed E-state index contributed by atoms with van der Waals surface area (Å²) in [5.74, 6) is 1.17. The van der Waals surface area contributed by atoms with Gasteiger partial charge in [-0.3, -0.25) is 4.79 Å². The van der Waals surface area contributed by atoms with Crippen LogP contribution in [0.3, 0.4) is 0 Å². The van der Waals surface area contributed by atoms with Gasteiger partial charge >= 0.3 is 0 Å². The Balaban J connectivity index is 1.95. The van der Waals surface area contributed by atoms with Gasteiger partial charge in [0, 0.05) is 10.2 Å². The molecule has 0 heterocycles. The summed E-state index contributed by atoms with van der Waals surface area (Å²) in [5, 5.41) is 2.80. The average Bonchev–Trinajstić information content (AvgIpc) is 2.48. The molecule has 1 amide bonds. The Morgan fingerprint density at radius 1 is 1.14 bits per heavy atom. The molecule has 0 aliphatic rings. The van der Waals surface area contributed by atoms with Gasteiger partial charge in [-0.05, 0) is 49.4 Å². The highest BCUT2D eigenvalue weighted by Crippen LogP contribution is 2.20. The van der Waals surface area contributed by atoms with E-state index in [0.717, 1.165) is 10.2 Å². The SMILES string of the molecule is COc1ccc(NC(=O)[C@@H](C)Oc2cccc(Br)c2)cc1. The molecule has 0 aliphatic carbocycles. The van der Waals surface area contributed by atoms with Gasteiger partial charge in [0.25, 0.3) is 5.91 Å². The lowest BCUT2D eigenvalue weighted by Gasteiger charge is -2.15. The summed E-state index contributed by atoms with van der Waals surface area (Å²) in [6, 6.07) is 14.5. The van der Waals surface area contributed by atoms with E-state index >= 15 is 0 Å². The van der Waals surface area contributed by atoms with E-state index in [0.29, 0.717) is 11.4 Å². The van der Waals surface area contributed by atoms with E-state index in [1.54, 1.807) is 38.3 Å². The predicted molar refractivity (Wildman–Crippen MR) is 85.9 cm³/mol. The molecule has 1 atom stereocenters. The number of carbonyl (C=O) groups is 1. The van der Waals surface area contributed by atoms with E-state index in [1.165, 1.54) is 0 Å². The van der Waals surface area contributed by atoms with Crippen molar-refractivity contribution in [1.82, 2.24) is 0 Å². The first-order chi connectivity index (χ1) is 10.1. The van der Waals surface area contributed by atoms with Crippen molar-refractivity contribution in [2.75, 3.05) is 12.4 Å². The second-order valence-corrected chi connectivity index (χ2v) is 5.35. The van der Waals surface area contributed by atoms with Crippen molar-refractivity contribution in [3.63, 3.8) is 0 Å². The molecule has 5 heteroatoms. The molecule has 110 valence electrons. The number of nitrogens with one attached hydrogen (secondary N) is 1. The monoisotopic (exact) mass is 349 g/mol. The van der Waals surface area contributed by atoms with Crippen LogP contribution in [-0.4, -0.2) is 19.1 Å². The Hall–Kier alpha value is -2.01. The molecule has 0 aliphatic heterocycles. The summed E-state index contributed by atoms with van der Waals surface area (Å²) in [7, 11) is 1.60. The second-order valence-electron chi connectivity index (χ2n) is 4.44. The number of carbonyl (C=O) groups excluding carboxylic acids is 1. The van der Waals surface area contributed by atoms with Gasteiger partial charge in [-0.2, -0.15) is 0 Å². The van der Waals surface area contributed by atoms with Gasteiger partial charge in [0.05, 0.1) is 7.11 Å². The molecule has 0 radical (unpaired) electrons. The van der Waals surface area contributed by atoms with Gasteiger partial charge in [0.2, 0.25) is 0 Å². The third-order valence-corrected chi connectivity index (χ3v) is 3.33. The maximum absolute atomic E-state index is 12.1. The van der Waals surface area contributed by atoms with E-state index < -0.39 is 6.10 Å². The molecule has 21 heavy (non-hydrogen) atoms. The highest BCUT2D eigenvalue weighted by Gasteiger charge is 2.15. The fourth-order valence-electron chi connectivity index (χ4n) is 1.72. The van der Waals surface area contributed by atoms with Crippen molar-refractivity contribution >= 4 is 27.5 Å². The molecule has 0 fully saturated rings. The summed E-state index contributed by atoms with van der Waals surface area (Å²) < 4.78 is 11.6. The van der Waals surface area contributed by atoms with Crippen molar-refractivity contribution in [2.45, 2.75) is 13.0 Å². The molecule has 2 aromatic carbocycles. The average molecular weight is 350 g/mol. The number of rotatable bonds is 5. The zero-order chi connectivity index (χ0) is 15.2. The van der Waals surface area contributed by atoms with E-state index in [9.17, 15) is 4.79 Å². The smallest absolute Gasteiger partial charge is 0.265 e. The van der Waals surface area contributed by atoms with E-state index in [2.05, 4.69) is 21.2 Å². The fourth-order valence-corrected chi connectivity index (χ4v) is 2.09. The number of anilines is 1. The lowest BCUT2D eigenvalue weighted by atomic mass is 10.2. The standard InChI is InChI=1S/C16H16BrNO3/c1-11(21-15-5-3-4-12(17)10-15)16(19)18-13-6-8-14(20-2)9-7-13/h3-11H,1-2H3,(H,18,19)/t11-/m1/s1. The van der Waals surface area contributed by atoms with E-state index in [-0.39, 0.29) is 5.91 Å².